The van der Waals surface area contributed by atoms with Crippen molar-refractivity contribution in [1.29, 1.82) is 0 Å². The molecule has 0 amide bonds. The SMILES string of the molecule is CC1=CC(C)(C)Nc2c(C)cc(-c3c(C)noc3C)c(Cl)c21. The highest BCUT2D eigenvalue weighted by Gasteiger charge is 2.28. The van der Waals surface area contributed by atoms with Crippen LogP contribution >= 0.6 is 11.6 Å². The average molecular weight is 317 g/mol. The van der Waals surface area contributed by atoms with Gasteiger partial charge < -0.3 is 9.84 Å². The number of rotatable bonds is 1. The Hall–Kier alpha value is -1.74. The van der Waals surface area contributed by atoms with Crippen LogP contribution in [0.2, 0.25) is 5.02 Å². The summed E-state index contributed by atoms with van der Waals surface area (Å²) in [6.07, 6.45) is 2.22. The van der Waals surface area contributed by atoms with Gasteiger partial charge in [0.15, 0.2) is 0 Å². The fourth-order valence-corrected chi connectivity index (χ4v) is 3.74. The van der Waals surface area contributed by atoms with E-state index in [-0.39, 0.29) is 5.54 Å². The van der Waals surface area contributed by atoms with Gasteiger partial charge in [0.05, 0.1) is 16.3 Å². The van der Waals surface area contributed by atoms with E-state index in [4.69, 9.17) is 16.1 Å². The van der Waals surface area contributed by atoms with Gasteiger partial charge in [0.1, 0.15) is 5.76 Å². The third-order valence-electron chi connectivity index (χ3n) is 4.18. The van der Waals surface area contributed by atoms with E-state index in [1.807, 2.05) is 13.8 Å². The van der Waals surface area contributed by atoms with Crippen molar-refractivity contribution in [2.75, 3.05) is 5.32 Å². The number of hydrogen-bond donors (Lipinski definition) is 1. The van der Waals surface area contributed by atoms with Crippen molar-refractivity contribution in [3.63, 3.8) is 0 Å². The van der Waals surface area contributed by atoms with Crippen molar-refractivity contribution in [3.05, 3.63) is 39.7 Å². The van der Waals surface area contributed by atoms with E-state index in [1.165, 1.54) is 11.1 Å². The molecule has 0 aliphatic carbocycles. The van der Waals surface area contributed by atoms with E-state index in [1.54, 1.807) is 0 Å². The number of anilines is 1. The molecule has 0 atom stereocenters. The normalized spacial score (nSPS) is 16.0. The fourth-order valence-electron chi connectivity index (χ4n) is 3.35. The van der Waals surface area contributed by atoms with Crippen molar-refractivity contribution in [2.45, 2.75) is 47.1 Å². The smallest absolute Gasteiger partial charge is 0.141 e. The minimum absolute atomic E-state index is 0.0737. The Balaban J connectivity index is 2.31. The van der Waals surface area contributed by atoms with Crippen LogP contribution in [0.1, 0.15) is 43.4 Å². The van der Waals surface area contributed by atoms with Crippen LogP contribution in [0.15, 0.2) is 16.7 Å². The van der Waals surface area contributed by atoms with Crippen LogP contribution in [0.3, 0.4) is 0 Å². The lowest BCUT2D eigenvalue weighted by atomic mass is 9.87. The van der Waals surface area contributed by atoms with Crippen molar-refractivity contribution in [3.8, 4) is 11.1 Å². The first-order chi connectivity index (χ1) is 10.2. The second-order valence-corrected chi connectivity index (χ2v) is 7.06. The Labute approximate surface area is 136 Å². The lowest BCUT2D eigenvalue weighted by Gasteiger charge is -2.33. The van der Waals surface area contributed by atoms with Crippen molar-refractivity contribution < 1.29 is 4.52 Å². The number of nitrogens with zero attached hydrogens (tertiary/aromatic N) is 1. The van der Waals surface area contributed by atoms with Gasteiger partial charge in [-0.2, -0.15) is 0 Å². The summed E-state index contributed by atoms with van der Waals surface area (Å²) < 4.78 is 5.31. The Morgan fingerprint density at radius 1 is 1.14 bits per heavy atom. The minimum atomic E-state index is -0.0737. The molecule has 0 fully saturated rings. The molecule has 0 saturated carbocycles. The van der Waals surface area contributed by atoms with E-state index >= 15 is 0 Å². The van der Waals surface area contributed by atoms with E-state index in [0.29, 0.717) is 0 Å². The molecule has 1 aromatic carbocycles. The Morgan fingerprint density at radius 3 is 2.41 bits per heavy atom. The Kier molecular flexibility index (Phi) is 3.37. The standard InChI is InChI=1S/C18H21ClN2O/c1-9-7-13(15-11(3)21-22-12(15)4)16(19)14-10(2)8-18(5,6)20-17(9)14/h7-8,20H,1-6H3. The molecule has 0 radical (unpaired) electrons. The van der Waals surface area contributed by atoms with E-state index in [2.05, 4.69) is 50.3 Å². The number of hydrogen-bond acceptors (Lipinski definition) is 3. The van der Waals surface area contributed by atoms with Crippen LogP contribution in [0.5, 0.6) is 0 Å². The molecule has 116 valence electrons. The van der Waals surface area contributed by atoms with Crippen LogP contribution < -0.4 is 5.32 Å². The van der Waals surface area contributed by atoms with Gasteiger partial charge in [0.25, 0.3) is 0 Å². The molecule has 1 aliphatic heterocycles. The number of nitrogens with one attached hydrogen (secondary N) is 1. The highest BCUT2D eigenvalue weighted by molar-refractivity contribution is 6.36. The average Bonchev–Trinajstić information content (AvgIpc) is 2.72. The minimum Gasteiger partial charge on any atom is -0.376 e. The van der Waals surface area contributed by atoms with Gasteiger partial charge >= 0.3 is 0 Å². The summed E-state index contributed by atoms with van der Waals surface area (Å²) in [7, 11) is 0. The van der Waals surface area contributed by atoms with Gasteiger partial charge in [-0.3, -0.25) is 0 Å². The topological polar surface area (TPSA) is 38.1 Å². The molecule has 2 heterocycles. The molecule has 0 unspecified atom stereocenters. The molecule has 0 spiro atoms. The van der Waals surface area contributed by atoms with Crippen LogP contribution in [0, 0.1) is 20.8 Å². The molecule has 0 bridgehead atoms. The van der Waals surface area contributed by atoms with Gasteiger partial charge in [-0.15, -0.1) is 0 Å². The second-order valence-electron chi connectivity index (χ2n) is 6.68. The molecule has 4 heteroatoms. The lowest BCUT2D eigenvalue weighted by Crippen LogP contribution is -2.32. The highest BCUT2D eigenvalue weighted by Crippen LogP contribution is 2.45. The van der Waals surface area contributed by atoms with Gasteiger partial charge in [-0.05, 0) is 58.7 Å². The molecular formula is C18H21ClN2O. The number of fused-ring (bicyclic) bond motifs is 1. The van der Waals surface area contributed by atoms with Crippen molar-refractivity contribution in [1.82, 2.24) is 5.16 Å². The maximum absolute atomic E-state index is 6.77. The largest absolute Gasteiger partial charge is 0.376 e. The molecule has 1 N–H and O–H groups in total. The zero-order valence-electron chi connectivity index (χ0n) is 13.9. The third kappa shape index (κ3) is 2.24. The number of aromatic nitrogens is 1. The highest BCUT2D eigenvalue weighted by atomic mass is 35.5. The molecular weight excluding hydrogens is 296 g/mol. The van der Waals surface area contributed by atoms with Gasteiger partial charge in [-0.25, -0.2) is 0 Å². The molecule has 3 rings (SSSR count). The van der Waals surface area contributed by atoms with Gasteiger partial charge in [0, 0.05) is 22.4 Å². The van der Waals surface area contributed by atoms with Crippen LogP contribution in [-0.2, 0) is 0 Å². The number of benzene rings is 1. The van der Waals surface area contributed by atoms with Crippen molar-refractivity contribution in [2.24, 2.45) is 0 Å². The molecule has 2 aromatic rings. The first-order valence-electron chi connectivity index (χ1n) is 7.45. The van der Waals surface area contributed by atoms with Crippen LogP contribution in [0.4, 0.5) is 5.69 Å². The first-order valence-corrected chi connectivity index (χ1v) is 7.83. The molecule has 22 heavy (non-hydrogen) atoms. The lowest BCUT2D eigenvalue weighted by molar-refractivity contribution is 0.393. The number of halogens is 1. The summed E-state index contributed by atoms with van der Waals surface area (Å²) in [5.41, 5.74) is 7.34. The van der Waals surface area contributed by atoms with Gasteiger partial charge in [0.2, 0.25) is 0 Å². The zero-order chi connectivity index (χ0) is 16.2. The maximum atomic E-state index is 6.77. The third-order valence-corrected chi connectivity index (χ3v) is 4.58. The zero-order valence-corrected chi connectivity index (χ0v) is 14.6. The molecule has 0 saturated heterocycles. The summed E-state index contributed by atoms with van der Waals surface area (Å²) in [6, 6.07) is 2.12. The quantitative estimate of drug-likeness (QED) is 0.752. The molecule has 1 aromatic heterocycles. The Morgan fingerprint density at radius 2 is 1.82 bits per heavy atom. The molecule has 1 aliphatic rings. The van der Waals surface area contributed by atoms with E-state index in [9.17, 15) is 0 Å². The summed E-state index contributed by atoms with van der Waals surface area (Å²) in [6.45, 7) is 12.4. The summed E-state index contributed by atoms with van der Waals surface area (Å²) in [4.78, 5) is 0. The summed E-state index contributed by atoms with van der Waals surface area (Å²) in [5.74, 6) is 0.796. The Bertz CT molecular complexity index is 780. The first kappa shape index (κ1) is 15.2. The van der Waals surface area contributed by atoms with E-state index < -0.39 is 0 Å². The second kappa shape index (κ2) is 4.88. The van der Waals surface area contributed by atoms with Gasteiger partial charge in [-0.1, -0.05) is 22.8 Å². The van der Waals surface area contributed by atoms with Crippen molar-refractivity contribution >= 4 is 22.9 Å². The number of allylic oxidation sites excluding steroid dienone is 1. The fraction of sp³-hybridized carbons (Fsp3) is 0.389. The number of aryl methyl sites for hydroxylation is 3. The van der Waals surface area contributed by atoms with E-state index in [0.717, 1.165) is 38.9 Å². The maximum Gasteiger partial charge on any atom is 0.141 e. The summed E-state index contributed by atoms with van der Waals surface area (Å²) in [5, 5.41) is 8.39. The predicted molar refractivity (Wildman–Crippen MR) is 92.5 cm³/mol. The predicted octanol–water partition coefficient (Wildman–Crippen LogP) is 5.53. The van der Waals surface area contributed by atoms with Crippen LogP contribution in [-0.4, -0.2) is 10.7 Å². The monoisotopic (exact) mass is 316 g/mol. The summed E-state index contributed by atoms with van der Waals surface area (Å²) >= 11 is 6.77. The molecule has 3 nitrogen and oxygen atoms in total. The van der Waals surface area contributed by atoms with Crippen LogP contribution in [0.25, 0.3) is 16.7 Å².